The van der Waals surface area contributed by atoms with Crippen molar-refractivity contribution in [3.63, 3.8) is 0 Å². The summed E-state index contributed by atoms with van der Waals surface area (Å²) in [6, 6.07) is 5.10. The van der Waals surface area contributed by atoms with E-state index in [-0.39, 0.29) is 11.5 Å². The van der Waals surface area contributed by atoms with Crippen LogP contribution in [-0.2, 0) is 22.1 Å². The predicted octanol–water partition coefficient (Wildman–Crippen LogP) is 2.21. The molecule has 1 saturated heterocycles. The number of nitrogens with zero attached hydrogens (tertiary/aromatic N) is 6. The van der Waals surface area contributed by atoms with Gasteiger partial charge in [-0.2, -0.15) is 23.3 Å². The molecule has 12 heteroatoms. The molecule has 0 spiro atoms. The molecular weight excluding hydrogens is 441 g/mol. The molecule has 3 aromatic rings. The molecule has 0 atom stereocenters. The standard InChI is InChI=1S/C21H21F3N6O3/c1-2-17-16(11-25-20-26-13-27-30(17)20)19(32)33-12-18(31)29-8-6-28(7-9-29)15-5-3-4-14(10-15)21(22,23)24/h3-5,10-11,13H,2,6-9,12H2,1H3. The average Bonchev–Trinajstić information content (AvgIpc) is 3.30. The van der Waals surface area contributed by atoms with Crippen LogP contribution in [0.15, 0.2) is 36.8 Å². The van der Waals surface area contributed by atoms with Gasteiger partial charge in [0.15, 0.2) is 6.61 Å². The predicted molar refractivity (Wildman–Crippen MR) is 111 cm³/mol. The quantitative estimate of drug-likeness (QED) is 0.537. The Morgan fingerprint density at radius 1 is 1.12 bits per heavy atom. The monoisotopic (exact) mass is 462 g/mol. The molecule has 9 nitrogen and oxygen atoms in total. The van der Waals surface area contributed by atoms with Gasteiger partial charge < -0.3 is 14.5 Å². The Bertz CT molecular complexity index is 1170. The van der Waals surface area contributed by atoms with E-state index in [0.29, 0.717) is 49.8 Å². The van der Waals surface area contributed by atoms with Crippen LogP contribution in [0.1, 0.15) is 28.5 Å². The Kier molecular flexibility index (Phi) is 6.16. The van der Waals surface area contributed by atoms with E-state index in [1.165, 1.54) is 28.0 Å². The molecule has 0 saturated carbocycles. The number of aryl methyl sites for hydroxylation is 1. The summed E-state index contributed by atoms with van der Waals surface area (Å²) in [6.07, 6.45) is -1.25. The van der Waals surface area contributed by atoms with Crippen molar-refractivity contribution in [2.45, 2.75) is 19.5 Å². The first-order valence-electron chi connectivity index (χ1n) is 10.3. The Balaban J connectivity index is 1.33. The topological polar surface area (TPSA) is 92.9 Å². The van der Waals surface area contributed by atoms with E-state index in [2.05, 4.69) is 15.1 Å². The zero-order valence-electron chi connectivity index (χ0n) is 17.7. The van der Waals surface area contributed by atoms with Crippen LogP contribution in [0.5, 0.6) is 0 Å². The number of alkyl halides is 3. The number of aromatic nitrogens is 4. The summed E-state index contributed by atoms with van der Waals surface area (Å²) < 4.78 is 45.5. The van der Waals surface area contributed by atoms with Gasteiger partial charge in [0.1, 0.15) is 6.33 Å². The number of fused-ring (bicyclic) bond motifs is 1. The largest absolute Gasteiger partial charge is 0.452 e. The zero-order valence-corrected chi connectivity index (χ0v) is 17.7. The number of ether oxygens (including phenoxy) is 1. The maximum Gasteiger partial charge on any atom is 0.416 e. The van der Waals surface area contributed by atoms with Crippen LogP contribution in [-0.4, -0.2) is 69.1 Å². The molecule has 1 amide bonds. The number of rotatable bonds is 5. The van der Waals surface area contributed by atoms with Crippen LogP contribution in [0, 0.1) is 0 Å². The molecule has 2 aromatic heterocycles. The number of amides is 1. The zero-order chi connectivity index (χ0) is 23.6. The minimum absolute atomic E-state index is 0.206. The highest BCUT2D eigenvalue weighted by atomic mass is 19.4. The molecule has 33 heavy (non-hydrogen) atoms. The highest BCUT2D eigenvalue weighted by molar-refractivity contribution is 5.92. The van der Waals surface area contributed by atoms with E-state index in [4.69, 9.17) is 4.74 Å². The smallest absolute Gasteiger partial charge is 0.416 e. The summed E-state index contributed by atoms with van der Waals surface area (Å²) in [6.45, 7) is 2.75. The van der Waals surface area contributed by atoms with Crippen LogP contribution < -0.4 is 4.90 Å². The molecule has 0 radical (unpaired) electrons. The van der Waals surface area contributed by atoms with Crippen LogP contribution in [0.3, 0.4) is 0 Å². The Labute approximate surface area is 186 Å². The van der Waals surface area contributed by atoms with Crippen LogP contribution >= 0.6 is 0 Å². The van der Waals surface area contributed by atoms with Crippen molar-refractivity contribution in [1.29, 1.82) is 0 Å². The summed E-state index contributed by atoms with van der Waals surface area (Å²) in [5.41, 5.74) is 0.518. The molecule has 1 fully saturated rings. The second-order valence-electron chi connectivity index (χ2n) is 7.44. The fourth-order valence-corrected chi connectivity index (χ4v) is 3.72. The van der Waals surface area contributed by atoms with Gasteiger partial charge >= 0.3 is 12.1 Å². The summed E-state index contributed by atoms with van der Waals surface area (Å²) in [5.74, 6) is -0.703. The second kappa shape index (κ2) is 9.04. The molecule has 3 heterocycles. The van der Waals surface area contributed by atoms with Gasteiger partial charge in [0.2, 0.25) is 0 Å². The Hall–Kier alpha value is -3.70. The molecule has 1 aliphatic heterocycles. The summed E-state index contributed by atoms with van der Waals surface area (Å²) in [4.78, 5) is 36.4. The van der Waals surface area contributed by atoms with Gasteiger partial charge in [0.25, 0.3) is 11.7 Å². The number of carbonyl (C=O) groups is 2. The third kappa shape index (κ3) is 4.73. The normalized spacial score (nSPS) is 14.5. The molecule has 4 rings (SSSR count). The van der Waals surface area contributed by atoms with Crippen molar-refractivity contribution in [2.75, 3.05) is 37.7 Å². The van der Waals surface area contributed by atoms with E-state index < -0.39 is 24.3 Å². The SMILES string of the molecule is CCc1c(C(=O)OCC(=O)N2CCN(c3cccc(C(F)(F)F)c3)CC2)cnc2ncnn12. The first kappa shape index (κ1) is 22.5. The van der Waals surface area contributed by atoms with Gasteiger partial charge in [0.05, 0.1) is 16.8 Å². The van der Waals surface area contributed by atoms with E-state index in [0.717, 1.165) is 12.1 Å². The lowest BCUT2D eigenvalue weighted by Gasteiger charge is -2.36. The van der Waals surface area contributed by atoms with Crippen molar-refractivity contribution < 1.29 is 27.5 Å². The Morgan fingerprint density at radius 2 is 1.88 bits per heavy atom. The second-order valence-corrected chi connectivity index (χ2v) is 7.44. The molecular formula is C21H21F3N6O3. The number of halogens is 3. The number of piperazine rings is 1. The van der Waals surface area contributed by atoms with E-state index >= 15 is 0 Å². The van der Waals surface area contributed by atoms with Gasteiger partial charge in [-0.3, -0.25) is 4.79 Å². The molecule has 174 valence electrons. The Morgan fingerprint density at radius 3 is 2.58 bits per heavy atom. The summed E-state index contributed by atoms with van der Waals surface area (Å²) in [7, 11) is 0. The number of anilines is 1. The van der Waals surface area contributed by atoms with Crippen molar-refractivity contribution >= 4 is 23.3 Å². The lowest BCUT2D eigenvalue weighted by atomic mass is 10.1. The third-order valence-corrected chi connectivity index (χ3v) is 5.46. The van der Waals surface area contributed by atoms with Gasteiger partial charge in [0, 0.05) is 38.1 Å². The molecule has 0 bridgehead atoms. The van der Waals surface area contributed by atoms with Gasteiger partial charge in [-0.1, -0.05) is 13.0 Å². The fraction of sp³-hybridized carbons (Fsp3) is 0.381. The maximum atomic E-state index is 13.0. The highest BCUT2D eigenvalue weighted by Crippen LogP contribution is 2.31. The molecule has 0 aliphatic carbocycles. The molecule has 0 unspecified atom stereocenters. The minimum Gasteiger partial charge on any atom is -0.452 e. The lowest BCUT2D eigenvalue weighted by Crippen LogP contribution is -2.50. The van der Waals surface area contributed by atoms with Crippen molar-refractivity contribution in [3.8, 4) is 0 Å². The van der Waals surface area contributed by atoms with Gasteiger partial charge in [-0.15, -0.1) is 0 Å². The minimum atomic E-state index is -4.41. The highest BCUT2D eigenvalue weighted by Gasteiger charge is 2.31. The van der Waals surface area contributed by atoms with Crippen LogP contribution in [0.2, 0.25) is 0 Å². The van der Waals surface area contributed by atoms with Crippen molar-refractivity contribution in [3.05, 3.63) is 53.6 Å². The van der Waals surface area contributed by atoms with Gasteiger partial charge in [-0.25, -0.2) is 14.3 Å². The fourth-order valence-electron chi connectivity index (χ4n) is 3.72. The van der Waals surface area contributed by atoms with Crippen LogP contribution in [0.4, 0.5) is 18.9 Å². The van der Waals surface area contributed by atoms with E-state index in [1.807, 2.05) is 6.92 Å². The number of carbonyl (C=O) groups excluding carboxylic acids is 2. The van der Waals surface area contributed by atoms with Crippen LogP contribution in [0.25, 0.3) is 5.78 Å². The number of hydrogen-bond donors (Lipinski definition) is 0. The number of esters is 1. The summed E-state index contributed by atoms with van der Waals surface area (Å²) in [5, 5.41) is 4.05. The van der Waals surface area contributed by atoms with Crippen molar-refractivity contribution in [1.82, 2.24) is 24.5 Å². The van der Waals surface area contributed by atoms with E-state index in [1.54, 1.807) is 11.0 Å². The maximum absolute atomic E-state index is 13.0. The molecule has 1 aromatic carbocycles. The molecule has 1 aliphatic rings. The third-order valence-electron chi connectivity index (χ3n) is 5.46. The lowest BCUT2D eigenvalue weighted by molar-refractivity contribution is -0.137. The first-order valence-corrected chi connectivity index (χ1v) is 10.3. The van der Waals surface area contributed by atoms with Gasteiger partial charge in [-0.05, 0) is 24.6 Å². The summed E-state index contributed by atoms with van der Waals surface area (Å²) >= 11 is 0. The first-order chi connectivity index (χ1) is 15.8. The number of hydrogen-bond acceptors (Lipinski definition) is 7. The number of benzene rings is 1. The van der Waals surface area contributed by atoms with Crippen molar-refractivity contribution in [2.24, 2.45) is 0 Å². The van der Waals surface area contributed by atoms with E-state index in [9.17, 15) is 22.8 Å². The average molecular weight is 462 g/mol. The molecule has 0 N–H and O–H groups in total.